The number of aromatic nitrogens is 1. The molecule has 8 heteroatoms. The van der Waals surface area contributed by atoms with Gasteiger partial charge in [0.05, 0.1) is 22.1 Å². The largest absolute Gasteiger partial charge is 0.487 e. The normalized spacial score (nSPS) is 16.2. The molecule has 0 atom stereocenters. The predicted octanol–water partition coefficient (Wildman–Crippen LogP) is 4.13. The van der Waals surface area contributed by atoms with E-state index in [4.69, 9.17) is 10.5 Å². The third-order valence-electron chi connectivity index (χ3n) is 6.92. The summed E-state index contributed by atoms with van der Waals surface area (Å²) in [6, 6.07) is 10.0. The highest BCUT2D eigenvalue weighted by Crippen LogP contribution is 2.48. The fourth-order valence-corrected chi connectivity index (χ4v) is 5.22. The summed E-state index contributed by atoms with van der Waals surface area (Å²) in [5, 5.41) is 12.6. The number of aryl methyl sites for hydroxylation is 1. The quantitative estimate of drug-likeness (QED) is 0.384. The maximum Gasteiger partial charge on any atom is 0.341 e. The van der Waals surface area contributed by atoms with E-state index in [9.17, 15) is 14.7 Å². The summed E-state index contributed by atoms with van der Waals surface area (Å²) in [6.45, 7) is 0.773. The Morgan fingerprint density at radius 3 is 2.67 bits per heavy atom. The number of carboxylic acids is 1. The molecule has 1 aliphatic heterocycles. The molecule has 172 valence electrons. The first-order valence-electron chi connectivity index (χ1n) is 11.3. The van der Waals surface area contributed by atoms with Crippen molar-refractivity contribution in [3.63, 3.8) is 0 Å². The third-order valence-corrected chi connectivity index (χ3v) is 6.92. The summed E-state index contributed by atoms with van der Waals surface area (Å²) >= 11 is 0. The highest BCUT2D eigenvalue weighted by atomic mass is 19.1. The van der Waals surface area contributed by atoms with Crippen molar-refractivity contribution in [2.24, 2.45) is 0 Å². The Morgan fingerprint density at radius 2 is 1.97 bits per heavy atom. The van der Waals surface area contributed by atoms with Gasteiger partial charge in [0.1, 0.15) is 17.9 Å². The first-order valence-corrected chi connectivity index (χ1v) is 11.3. The Bertz CT molecular complexity index is 1300. The number of pyridine rings is 1. The third kappa shape index (κ3) is 3.41. The molecule has 7 nitrogen and oxygen atoms in total. The number of nitrogen functional groups attached to an aromatic ring is 1. The zero-order chi connectivity index (χ0) is 23.2. The van der Waals surface area contributed by atoms with Crippen LogP contribution in [0.4, 0.5) is 15.8 Å². The molecule has 3 aromatic rings. The Labute approximate surface area is 190 Å². The van der Waals surface area contributed by atoms with E-state index in [1.165, 1.54) is 11.8 Å². The van der Waals surface area contributed by atoms with Gasteiger partial charge >= 0.3 is 5.97 Å². The van der Waals surface area contributed by atoms with Crippen LogP contribution in [0.1, 0.15) is 48.0 Å². The lowest BCUT2D eigenvalue weighted by molar-refractivity contribution is 0.0692. The zero-order valence-electron chi connectivity index (χ0n) is 18.2. The minimum Gasteiger partial charge on any atom is -0.487 e. The van der Waals surface area contributed by atoms with Crippen LogP contribution in [0.5, 0.6) is 5.75 Å². The number of rotatable bonds is 6. The van der Waals surface area contributed by atoms with E-state index in [0.29, 0.717) is 18.7 Å². The van der Waals surface area contributed by atoms with Gasteiger partial charge in [0, 0.05) is 12.7 Å². The standard InChI is InChI=1S/C25H26FN3O4/c26-18-19(27)17-21-23(20(18)28-12-6-9-15-7-2-1-3-8-15)33-14-25(10-4-5-11-25)29(21)13-16(22(17)30)24(31)32/h1-3,7-8,13,28H,4-6,9-12,14,27H2,(H,31,32). The number of anilines is 2. The number of benzene rings is 2. The number of aromatic carboxylic acids is 1. The minimum absolute atomic E-state index is 0.122. The highest BCUT2D eigenvalue weighted by molar-refractivity contribution is 6.03. The van der Waals surface area contributed by atoms with Crippen LogP contribution in [0, 0.1) is 5.82 Å². The average molecular weight is 451 g/mol. The van der Waals surface area contributed by atoms with Crippen LogP contribution < -0.4 is 21.2 Å². The Kier molecular flexibility index (Phi) is 5.23. The molecule has 2 aliphatic rings. The van der Waals surface area contributed by atoms with Crippen LogP contribution in [-0.4, -0.2) is 28.8 Å². The maximum atomic E-state index is 15.4. The number of carbonyl (C=O) groups is 1. The zero-order valence-corrected chi connectivity index (χ0v) is 18.2. The minimum atomic E-state index is -1.35. The van der Waals surface area contributed by atoms with Crippen molar-refractivity contribution >= 4 is 28.2 Å². The molecule has 33 heavy (non-hydrogen) atoms. The lowest BCUT2D eigenvalue weighted by atomic mass is 9.93. The fourth-order valence-electron chi connectivity index (χ4n) is 5.22. The molecule has 1 saturated carbocycles. The van der Waals surface area contributed by atoms with Crippen LogP contribution in [0.25, 0.3) is 10.9 Å². The number of fused-ring (bicyclic) bond motifs is 1. The molecule has 5 rings (SSSR count). The van der Waals surface area contributed by atoms with Crippen LogP contribution in [0.15, 0.2) is 41.3 Å². The summed E-state index contributed by atoms with van der Waals surface area (Å²) in [7, 11) is 0. The van der Waals surface area contributed by atoms with Gasteiger partial charge in [-0.05, 0) is 31.2 Å². The SMILES string of the molecule is Nc1c(F)c(NCCCc2ccccc2)c2c3c1c(=O)c(C(=O)O)cn3C1(CCCC1)CO2. The van der Waals surface area contributed by atoms with Gasteiger partial charge in [-0.3, -0.25) is 4.79 Å². The number of nitrogens with zero attached hydrogens (tertiary/aromatic N) is 1. The molecule has 2 aromatic carbocycles. The van der Waals surface area contributed by atoms with E-state index in [0.717, 1.165) is 38.5 Å². The van der Waals surface area contributed by atoms with E-state index in [2.05, 4.69) is 5.32 Å². The molecule has 1 aromatic heterocycles. The van der Waals surface area contributed by atoms with Gasteiger partial charge in [-0.2, -0.15) is 0 Å². The average Bonchev–Trinajstić information content (AvgIpc) is 3.28. The lowest BCUT2D eigenvalue weighted by Gasteiger charge is -2.39. The number of nitrogens with one attached hydrogen (secondary N) is 1. The van der Waals surface area contributed by atoms with Gasteiger partial charge in [0.15, 0.2) is 11.6 Å². The van der Waals surface area contributed by atoms with Crippen LogP contribution in [-0.2, 0) is 12.0 Å². The van der Waals surface area contributed by atoms with Crippen molar-refractivity contribution in [2.75, 3.05) is 24.2 Å². The maximum absolute atomic E-state index is 15.4. The number of nitrogens with two attached hydrogens (primary N) is 1. The van der Waals surface area contributed by atoms with E-state index >= 15 is 4.39 Å². The van der Waals surface area contributed by atoms with Gasteiger partial charge in [-0.15, -0.1) is 0 Å². The summed E-state index contributed by atoms with van der Waals surface area (Å²) in [6.07, 6.45) is 6.49. The van der Waals surface area contributed by atoms with Gasteiger partial charge in [-0.1, -0.05) is 43.2 Å². The highest BCUT2D eigenvalue weighted by Gasteiger charge is 2.43. The Hall–Kier alpha value is -3.55. The van der Waals surface area contributed by atoms with E-state index in [-0.39, 0.29) is 22.5 Å². The van der Waals surface area contributed by atoms with Crippen LogP contribution in [0.3, 0.4) is 0 Å². The van der Waals surface area contributed by atoms with Crippen molar-refractivity contribution in [1.82, 2.24) is 4.57 Å². The molecule has 0 amide bonds. The molecule has 0 bridgehead atoms. The molecule has 0 saturated heterocycles. The van der Waals surface area contributed by atoms with Crippen LogP contribution >= 0.6 is 0 Å². The molecule has 0 unspecified atom stereocenters. The van der Waals surface area contributed by atoms with Gasteiger partial charge in [-0.25, -0.2) is 9.18 Å². The Balaban J connectivity index is 1.60. The summed E-state index contributed by atoms with van der Waals surface area (Å²) in [5.41, 5.74) is 5.79. The number of ether oxygens (including phenoxy) is 1. The van der Waals surface area contributed by atoms with Gasteiger partial charge < -0.3 is 25.5 Å². The second kappa shape index (κ2) is 8.10. The Morgan fingerprint density at radius 1 is 1.24 bits per heavy atom. The van der Waals surface area contributed by atoms with E-state index in [1.54, 1.807) is 0 Å². The predicted molar refractivity (Wildman–Crippen MR) is 125 cm³/mol. The molecule has 1 spiro atoms. The second-order valence-electron chi connectivity index (χ2n) is 8.94. The molecule has 0 radical (unpaired) electrons. The van der Waals surface area contributed by atoms with Crippen molar-refractivity contribution in [1.29, 1.82) is 0 Å². The first kappa shape index (κ1) is 21.3. The number of hydrogen-bond donors (Lipinski definition) is 3. The van der Waals surface area contributed by atoms with Gasteiger partial charge in [0.25, 0.3) is 0 Å². The van der Waals surface area contributed by atoms with Crippen molar-refractivity contribution < 1.29 is 19.0 Å². The van der Waals surface area contributed by atoms with Crippen molar-refractivity contribution in [3.05, 3.63) is 63.7 Å². The number of carboxylic acid groups (broad SMARTS) is 1. The monoisotopic (exact) mass is 451 g/mol. The first-order chi connectivity index (χ1) is 15.9. The van der Waals surface area contributed by atoms with Crippen molar-refractivity contribution in [3.8, 4) is 5.75 Å². The number of halogens is 1. The summed E-state index contributed by atoms with van der Waals surface area (Å²) in [5.74, 6) is -1.91. The van der Waals surface area contributed by atoms with E-state index in [1.807, 2.05) is 34.9 Å². The molecule has 1 fully saturated rings. The summed E-state index contributed by atoms with van der Waals surface area (Å²) in [4.78, 5) is 24.8. The van der Waals surface area contributed by atoms with Crippen LogP contribution in [0.2, 0.25) is 0 Å². The number of hydrogen-bond acceptors (Lipinski definition) is 5. The second-order valence-corrected chi connectivity index (χ2v) is 8.94. The van der Waals surface area contributed by atoms with E-state index < -0.39 is 28.3 Å². The fraction of sp³-hybridized carbons (Fsp3) is 0.360. The molecule has 4 N–H and O–H groups in total. The van der Waals surface area contributed by atoms with Gasteiger partial charge in [0.2, 0.25) is 5.43 Å². The lowest BCUT2D eigenvalue weighted by Crippen LogP contribution is -2.42. The molecule has 1 aliphatic carbocycles. The van der Waals surface area contributed by atoms with Crippen molar-refractivity contribution in [2.45, 2.75) is 44.1 Å². The molecule has 2 heterocycles. The molecular formula is C25H26FN3O4. The topological polar surface area (TPSA) is 107 Å². The summed E-state index contributed by atoms with van der Waals surface area (Å²) < 4.78 is 23.3. The smallest absolute Gasteiger partial charge is 0.341 e. The molecular weight excluding hydrogens is 425 g/mol.